The fourth-order valence-corrected chi connectivity index (χ4v) is 1.30. The molecule has 1 amide bonds. The van der Waals surface area contributed by atoms with Gasteiger partial charge in [-0.15, -0.1) is 0 Å². The van der Waals surface area contributed by atoms with Crippen molar-refractivity contribution in [3.63, 3.8) is 0 Å². The summed E-state index contributed by atoms with van der Waals surface area (Å²) in [6.45, 7) is 5.97. The summed E-state index contributed by atoms with van der Waals surface area (Å²) in [6.07, 6.45) is 2.44. The van der Waals surface area contributed by atoms with Gasteiger partial charge < -0.3 is 9.64 Å². The molecular weight excluding hydrogens is 154 g/mol. The molecule has 0 radical (unpaired) electrons. The Labute approximate surface area is 73.7 Å². The summed E-state index contributed by atoms with van der Waals surface area (Å²) in [5.74, 6) is 0.140. The van der Waals surface area contributed by atoms with Crippen molar-refractivity contribution in [3.05, 3.63) is 0 Å². The molecule has 1 aliphatic rings. The molecule has 70 valence electrons. The van der Waals surface area contributed by atoms with Gasteiger partial charge in [0.15, 0.2) is 0 Å². The van der Waals surface area contributed by atoms with Gasteiger partial charge in [-0.05, 0) is 26.7 Å². The number of amides is 1. The van der Waals surface area contributed by atoms with Gasteiger partial charge in [0.05, 0.1) is 6.10 Å². The molecule has 12 heavy (non-hydrogen) atoms. The number of hydrogen-bond acceptors (Lipinski definition) is 2. The molecule has 0 aromatic heterocycles. The van der Waals surface area contributed by atoms with Gasteiger partial charge in [-0.3, -0.25) is 4.79 Å². The summed E-state index contributed by atoms with van der Waals surface area (Å²) in [6, 6.07) is 0. The van der Waals surface area contributed by atoms with Gasteiger partial charge in [-0.1, -0.05) is 0 Å². The topological polar surface area (TPSA) is 29.5 Å². The number of carbonyl (C=O) groups is 1. The Hall–Kier alpha value is -0.570. The van der Waals surface area contributed by atoms with Gasteiger partial charge in [0.2, 0.25) is 5.91 Å². The average molecular weight is 171 g/mol. The van der Waals surface area contributed by atoms with E-state index in [4.69, 9.17) is 4.74 Å². The van der Waals surface area contributed by atoms with E-state index in [1.54, 1.807) is 0 Å². The van der Waals surface area contributed by atoms with Crippen LogP contribution < -0.4 is 0 Å². The number of likely N-dealkylation sites (tertiary alicyclic amines) is 1. The van der Waals surface area contributed by atoms with E-state index in [0.717, 1.165) is 25.9 Å². The Bertz CT molecular complexity index is 151. The van der Waals surface area contributed by atoms with Crippen molar-refractivity contribution in [1.82, 2.24) is 4.90 Å². The summed E-state index contributed by atoms with van der Waals surface area (Å²) >= 11 is 0. The average Bonchev–Trinajstić information content (AvgIpc) is 2.51. The SMILES string of the molecule is CC(C)OCC(=O)N1CCCC1. The Morgan fingerprint density at radius 2 is 2.00 bits per heavy atom. The zero-order chi connectivity index (χ0) is 8.97. The zero-order valence-electron chi connectivity index (χ0n) is 7.88. The Balaban J connectivity index is 2.18. The lowest BCUT2D eigenvalue weighted by molar-refractivity contribution is -0.136. The van der Waals surface area contributed by atoms with Crippen molar-refractivity contribution in [2.24, 2.45) is 0 Å². The van der Waals surface area contributed by atoms with Gasteiger partial charge in [0.25, 0.3) is 0 Å². The van der Waals surface area contributed by atoms with Gasteiger partial charge in [0.1, 0.15) is 6.61 Å². The van der Waals surface area contributed by atoms with E-state index >= 15 is 0 Å². The summed E-state index contributed by atoms with van der Waals surface area (Å²) < 4.78 is 5.22. The first-order chi connectivity index (χ1) is 5.70. The molecule has 0 spiro atoms. The summed E-state index contributed by atoms with van der Waals surface area (Å²) in [5.41, 5.74) is 0. The molecule has 0 aromatic carbocycles. The Kier molecular flexibility index (Phi) is 3.53. The molecule has 3 nitrogen and oxygen atoms in total. The van der Waals surface area contributed by atoms with Crippen LogP contribution in [0.1, 0.15) is 26.7 Å². The maximum Gasteiger partial charge on any atom is 0.248 e. The van der Waals surface area contributed by atoms with E-state index in [2.05, 4.69) is 0 Å². The minimum absolute atomic E-state index is 0.140. The predicted octanol–water partition coefficient (Wildman–Crippen LogP) is 1.03. The van der Waals surface area contributed by atoms with Crippen LogP contribution in [0.2, 0.25) is 0 Å². The zero-order valence-corrected chi connectivity index (χ0v) is 7.88. The first kappa shape index (κ1) is 9.52. The monoisotopic (exact) mass is 171 g/mol. The van der Waals surface area contributed by atoms with Crippen LogP contribution in [0.5, 0.6) is 0 Å². The van der Waals surface area contributed by atoms with Crippen molar-refractivity contribution in [2.45, 2.75) is 32.8 Å². The molecule has 0 bridgehead atoms. The van der Waals surface area contributed by atoms with Crippen LogP contribution in [0.4, 0.5) is 0 Å². The van der Waals surface area contributed by atoms with Crippen molar-refractivity contribution < 1.29 is 9.53 Å². The molecule has 1 aliphatic heterocycles. The van der Waals surface area contributed by atoms with Crippen LogP contribution in [-0.2, 0) is 9.53 Å². The predicted molar refractivity (Wildman–Crippen MR) is 46.9 cm³/mol. The second kappa shape index (κ2) is 4.45. The number of nitrogens with zero attached hydrogens (tertiary/aromatic N) is 1. The third-order valence-electron chi connectivity index (χ3n) is 2.00. The molecular formula is C9H17NO2. The summed E-state index contributed by atoms with van der Waals surface area (Å²) in [7, 11) is 0. The third kappa shape index (κ3) is 2.81. The highest BCUT2D eigenvalue weighted by Crippen LogP contribution is 2.07. The molecule has 0 atom stereocenters. The lowest BCUT2D eigenvalue weighted by atomic mass is 10.4. The smallest absolute Gasteiger partial charge is 0.248 e. The van der Waals surface area contributed by atoms with E-state index in [-0.39, 0.29) is 18.6 Å². The Morgan fingerprint density at radius 1 is 1.42 bits per heavy atom. The maximum absolute atomic E-state index is 11.4. The van der Waals surface area contributed by atoms with Gasteiger partial charge >= 0.3 is 0 Å². The highest BCUT2D eigenvalue weighted by Gasteiger charge is 2.17. The number of rotatable bonds is 3. The molecule has 1 saturated heterocycles. The number of hydrogen-bond donors (Lipinski definition) is 0. The lowest BCUT2D eigenvalue weighted by Crippen LogP contribution is -2.32. The van der Waals surface area contributed by atoms with Crippen LogP contribution in [0.15, 0.2) is 0 Å². The Morgan fingerprint density at radius 3 is 2.50 bits per heavy atom. The lowest BCUT2D eigenvalue weighted by Gasteiger charge is -2.15. The molecule has 0 aliphatic carbocycles. The molecule has 0 saturated carbocycles. The molecule has 0 unspecified atom stereocenters. The fraction of sp³-hybridized carbons (Fsp3) is 0.889. The standard InChI is InChI=1S/C9H17NO2/c1-8(2)12-7-9(11)10-5-3-4-6-10/h8H,3-7H2,1-2H3. The molecule has 0 N–H and O–H groups in total. The van der Waals surface area contributed by atoms with Crippen molar-refractivity contribution in [1.29, 1.82) is 0 Å². The third-order valence-corrected chi connectivity index (χ3v) is 2.00. The van der Waals surface area contributed by atoms with Gasteiger partial charge in [0, 0.05) is 13.1 Å². The first-order valence-electron chi connectivity index (χ1n) is 4.59. The second-order valence-electron chi connectivity index (χ2n) is 3.45. The van der Waals surface area contributed by atoms with E-state index in [1.165, 1.54) is 0 Å². The minimum atomic E-state index is 0.140. The van der Waals surface area contributed by atoms with Crippen LogP contribution >= 0.6 is 0 Å². The largest absolute Gasteiger partial charge is 0.369 e. The van der Waals surface area contributed by atoms with Gasteiger partial charge in [-0.25, -0.2) is 0 Å². The van der Waals surface area contributed by atoms with E-state index in [1.807, 2.05) is 18.7 Å². The maximum atomic E-state index is 11.4. The molecule has 1 rings (SSSR count). The van der Waals surface area contributed by atoms with E-state index in [9.17, 15) is 4.79 Å². The minimum Gasteiger partial charge on any atom is -0.369 e. The normalized spacial score (nSPS) is 17.4. The van der Waals surface area contributed by atoms with Crippen LogP contribution in [0.25, 0.3) is 0 Å². The van der Waals surface area contributed by atoms with Gasteiger partial charge in [-0.2, -0.15) is 0 Å². The van der Waals surface area contributed by atoms with Crippen LogP contribution in [0, 0.1) is 0 Å². The number of ether oxygens (including phenoxy) is 1. The summed E-state index contributed by atoms with van der Waals surface area (Å²) in [4.78, 5) is 13.2. The quantitative estimate of drug-likeness (QED) is 0.635. The van der Waals surface area contributed by atoms with Crippen molar-refractivity contribution in [2.75, 3.05) is 19.7 Å². The molecule has 3 heteroatoms. The second-order valence-corrected chi connectivity index (χ2v) is 3.45. The highest BCUT2D eigenvalue weighted by atomic mass is 16.5. The molecule has 0 aromatic rings. The molecule has 1 heterocycles. The van der Waals surface area contributed by atoms with Crippen LogP contribution in [0.3, 0.4) is 0 Å². The highest BCUT2D eigenvalue weighted by molar-refractivity contribution is 5.77. The van der Waals surface area contributed by atoms with Crippen molar-refractivity contribution in [3.8, 4) is 0 Å². The fourth-order valence-electron chi connectivity index (χ4n) is 1.30. The first-order valence-corrected chi connectivity index (χ1v) is 4.59. The van der Waals surface area contributed by atoms with Crippen LogP contribution in [-0.4, -0.2) is 36.6 Å². The van der Waals surface area contributed by atoms with E-state index in [0.29, 0.717) is 0 Å². The number of carbonyl (C=O) groups excluding carboxylic acids is 1. The molecule has 1 fully saturated rings. The van der Waals surface area contributed by atoms with Crippen molar-refractivity contribution >= 4 is 5.91 Å². The van der Waals surface area contributed by atoms with E-state index < -0.39 is 0 Å². The summed E-state index contributed by atoms with van der Waals surface area (Å²) in [5, 5.41) is 0.